The first-order valence-corrected chi connectivity index (χ1v) is 9.41. The number of nitrogens with zero attached hydrogens (tertiary/aromatic N) is 2. The molecule has 1 aliphatic rings. The second-order valence-corrected chi connectivity index (χ2v) is 7.52. The van der Waals surface area contributed by atoms with Gasteiger partial charge in [0.1, 0.15) is 17.6 Å². The average molecular weight is 363 g/mol. The molecule has 0 fully saturated rings. The number of carbonyl (C=O) groups is 1. The summed E-state index contributed by atoms with van der Waals surface area (Å²) in [6, 6.07) is 11.4. The van der Waals surface area contributed by atoms with Crippen molar-refractivity contribution >= 4 is 33.0 Å². The first-order valence-electron chi connectivity index (χ1n) is 8.60. The van der Waals surface area contributed by atoms with Gasteiger partial charge in [0.2, 0.25) is 5.91 Å². The molecule has 1 amide bonds. The van der Waals surface area contributed by atoms with E-state index < -0.39 is 0 Å². The van der Waals surface area contributed by atoms with Crippen molar-refractivity contribution in [1.29, 1.82) is 5.26 Å². The van der Waals surface area contributed by atoms with Crippen molar-refractivity contribution in [1.82, 2.24) is 4.57 Å². The van der Waals surface area contributed by atoms with E-state index >= 15 is 0 Å². The smallest absolute Gasteiger partial charge is 0.258 e. The summed E-state index contributed by atoms with van der Waals surface area (Å²) >= 11 is 1.49. The van der Waals surface area contributed by atoms with E-state index in [0.717, 1.165) is 36.6 Å². The molecule has 2 heterocycles. The molecule has 1 N–H and O–H groups in total. The van der Waals surface area contributed by atoms with Crippen LogP contribution >= 0.6 is 11.3 Å². The van der Waals surface area contributed by atoms with Crippen molar-refractivity contribution in [3.05, 3.63) is 62.9 Å². The molecule has 1 aliphatic carbocycles. The van der Waals surface area contributed by atoms with Crippen molar-refractivity contribution < 1.29 is 4.79 Å². The van der Waals surface area contributed by atoms with E-state index in [2.05, 4.69) is 11.4 Å². The standard InChI is InChI=1S/C20H17N3O2S/c21-11-16-15-7-3-4-8-17(15)26-19(16)22-18(24)12-23-10-9-13-5-1-2-6-14(13)20(23)25/h1-2,5-6,9-10H,3-4,7-8,12H2,(H,22,24). The average Bonchev–Trinajstić information content (AvgIpc) is 3.01. The molecule has 0 radical (unpaired) electrons. The van der Waals surface area contributed by atoms with E-state index in [1.54, 1.807) is 12.3 Å². The summed E-state index contributed by atoms with van der Waals surface area (Å²) in [6.07, 6.45) is 5.70. The highest BCUT2D eigenvalue weighted by Gasteiger charge is 2.21. The van der Waals surface area contributed by atoms with Gasteiger partial charge in [0.25, 0.3) is 5.56 Å². The highest BCUT2D eigenvalue weighted by molar-refractivity contribution is 7.16. The third-order valence-corrected chi connectivity index (χ3v) is 5.94. The second kappa shape index (κ2) is 6.77. The predicted octanol–water partition coefficient (Wildman–Crippen LogP) is 3.45. The third kappa shape index (κ3) is 2.91. The van der Waals surface area contributed by atoms with Crippen molar-refractivity contribution in [2.24, 2.45) is 0 Å². The number of hydrogen-bond acceptors (Lipinski definition) is 4. The van der Waals surface area contributed by atoms with E-state index in [1.807, 2.05) is 24.3 Å². The molecule has 6 heteroatoms. The molecule has 4 rings (SSSR count). The Bertz CT molecular complexity index is 1100. The van der Waals surface area contributed by atoms with Crippen molar-refractivity contribution in [3.8, 4) is 6.07 Å². The normalized spacial score (nSPS) is 13.2. The first-order chi connectivity index (χ1) is 12.7. The van der Waals surface area contributed by atoms with Gasteiger partial charge in [-0.3, -0.25) is 9.59 Å². The number of benzene rings is 1. The van der Waals surface area contributed by atoms with Gasteiger partial charge >= 0.3 is 0 Å². The zero-order chi connectivity index (χ0) is 18.1. The fourth-order valence-corrected chi connectivity index (χ4v) is 4.70. The Balaban J connectivity index is 1.59. The summed E-state index contributed by atoms with van der Waals surface area (Å²) in [5.74, 6) is -0.294. The van der Waals surface area contributed by atoms with Crippen LogP contribution in [-0.2, 0) is 24.2 Å². The molecule has 26 heavy (non-hydrogen) atoms. The number of aryl methyl sites for hydroxylation is 1. The highest BCUT2D eigenvalue weighted by Crippen LogP contribution is 2.37. The number of anilines is 1. The van der Waals surface area contributed by atoms with Gasteiger partial charge in [-0.2, -0.15) is 5.26 Å². The van der Waals surface area contributed by atoms with Gasteiger partial charge in [0.05, 0.1) is 5.56 Å². The molecular formula is C20H17N3O2S. The number of thiophene rings is 1. The van der Waals surface area contributed by atoms with Crippen LogP contribution in [0.2, 0.25) is 0 Å². The molecule has 0 aliphatic heterocycles. The summed E-state index contributed by atoms with van der Waals surface area (Å²) in [7, 11) is 0. The van der Waals surface area contributed by atoms with E-state index in [-0.39, 0.29) is 18.0 Å². The largest absolute Gasteiger partial charge is 0.315 e. The van der Waals surface area contributed by atoms with Gasteiger partial charge < -0.3 is 9.88 Å². The minimum absolute atomic E-state index is 0.0723. The van der Waals surface area contributed by atoms with E-state index in [9.17, 15) is 14.9 Å². The van der Waals surface area contributed by atoms with Crippen LogP contribution in [0.5, 0.6) is 0 Å². The maximum atomic E-state index is 12.5. The first kappa shape index (κ1) is 16.6. The zero-order valence-corrected chi connectivity index (χ0v) is 14.9. The summed E-state index contributed by atoms with van der Waals surface area (Å²) in [5, 5.41) is 14.4. The van der Waals surface area contributed by atoms with Crippen molar-refractivity contribution in [3.63, 3.8) is 0 Å². The quantitative estimate of drug-likeness (QED) is 0.774. The van der Waals surface area contributed by atoms with E-state index in [0.29, 0.717) is 16.0 Å². The number of rotatable bonds is 3. The van der Waals surface area contributed by atoms with Crippen LogP contribution in [0.3, 0.4) is 0 Å². The number of hydrogen-bond donors (Lipinski definition) is 1. The fraction of sp³-hybridized carbons (Fsp3) is 0.250. The van der Waals surface area contributed by atoms with Crippen LogP contribution < -0.4 is 10.9 Å². The molecule has 0 saturated heterocycles. The van der Waals surface area contributed by atoms with Crippen LogP contribution in [0.25, 0.3) is 10.8 Å². The number of amides is 1. The predicted molar refractivity (Wildman–Crippen MR) is 103 cm³/mol. The van der Waals surface area contributed by atoms with Gasteiger partial charge in [0, 0.05) is 16.5 Å². The van der Waals surface area contributed by atoms with Gasteiger partial charge in [0.15, 0.2) is 0 Å². The highest BCUT2D eigenvalue weighted by atomic mass is 32.1. The number of aromatic nitrogens is 1. The molecule has 5 nitrogen and oxygen atoms in total. The SMILES string of the molecule is N#Cc1c(NC(=O)Cn2ccc3ccccc3c2=O)sc2c1CCCC2. The molecule has 0 atom stereocenters. The molecule has 0 saturated carbocycles. The Morgan fingerprint density at radius 2 is 2.04 bits per heavy atom. The fourth-order valence-electron chi connectivity index (χ4n) is 3.45. The lowest BCUT2D eigenvalue weighted by Crippen LogP contribution is -2.27. The van der Waals surface area contributed by atoms with Gasteiger partial charge in [-0.05, 0) is 48.8 Å². The Hall–Kier alpha value is -2.91. The summed E-state index contributed by atoms with van der Waals surface area (Å²) in [4.78, 5) is 26.2. The maximum absolute atomic E-state index is 12.5. The minimum atomic E-state index is -0.294. The summed E-state index contributed by atoms with van der Waals surface area (Å²) in [6.45, 7) is -0.0723. The Morgan fingerprint density at radius 1 is 1.23 bits per heavy atom. The van der Waals surface area contributed by atoms with Crippen molar-refractivity contribution in [2.45, 2.75) is 32.2 Å². The molecule has 0 bridgehead atoms. The van der Waals surface area contributed by atoms with Gasteiger partial charge in [-0.15, -0.1) is 11.3 Å². The molecule has 0 unspecified atom stereocenters. The number of fused-ring (bicyclic) bond motifs is 2. The Labute approximate surface area is 154 Å². The number of nitrogens with one attached hydrogen (secondary N) is 1. The molecule has 2 aromatic heterocycles. The van der Waals surface area contributed by atoms with Crippen LogP contribution in [0.1, 0.15) is 28.8 Å². The third-order valence-electron chi connectivity index (χ3n) is 4.74. The van der Waals surface area contributed by atoms with Gasteiger partial charge in [-0.25, -0.2) is 0 Å². The number of carbonyl (C=O) groups excluding carboxylic acids is 1. The Morgan fingerprint density at radius 3 is 2.88 bits per heavy atom. The van der Waals surface area contributed by atoms with E-state index in [1.165, 1.54) is 20.8 Å². The topological polar surface area (TPSA) is 74.9 Å². The monoisotopic (exact) mass is 363 g/mol. The molecular weight excluding hydrogens is 346 g/mol. The number of pyridine rings is 1. The lowest BCUT2D eigenvalue weighted by molar-refractivity contribution is -0.116. The minimum Gasteiger partial charge on any atom is -0.315 e. The Kier molecular flexibility index (Phi) is 4.31. The molecule has 130 valence electrons. The molecule has 1 aromatic carbocycles. The molecule has 3 aromatic rings. The van der Waals surface area contributed by atoms with E-state index in [4.69, 9.17) is 0 Å². The summed E-state index contributed by atoms with van der Waals surface area (Å²) in [5.41, 5.74) is 1.48. The number of nitriles is 1. The van der Waals surface area contributed by atoms with Crippen LogP contribution in [0.4, 0.5) is 5.00 Å². The van der Waals surface area contributed by atoms with Crippen LogP contribution in [-0.4, -0.2) is 10.5 Å². The zero-order valence-electron chi connectivity index (χ0n) is 14.1. The van der Waals surface area contributed by atoms with Gasteiger partial charge in [-0.1, -0.05) is 18.2 Å². The van der Waals surface area contributed by atoms with Crippen LogP contribution in [0, 0.1) is 11.3 Å². The summed E-state index contributed by atoms with van der Waals surface area (Å²) < 4.78 is 1.40. The van der Waals surface area contributed by atoms with Crippen molar-refractivity contribution in [2.75, 3.05) is 5.32 Å². The second-order valence-electron chi connectivity index (χ2n) is 6.41. The molecule has 0 spiro atoms. The lowest BCUT2D eigenvalue weighted by Gasteiger charge is -2.09. The van der Waals surface area contributed by atoms with Crippen LogP contribution in [0.15, 0.2) is 41.3 Å². The lowest BCUT2D eigenvalue weighted by atomic mass is 9.96. The maximum Gasteiger partial charge on any atom is 0.258 e.